The molecule has 1 rings (SSSR count). The summed E-state index contributed by atoms with van der Waals surface area (Å²) in [5.74, 6) is -0.0860. The number of hydrogen-bond donors (Lipinski definition) is 3. The van der Waals surface area contributed by atoms with E-state index >= 15 is 0 Å². The lowest BCUT2D eigenvalue weighted by Gasteiger charge is -2.26. The zero-order valence-electron chi connectivity index (χ0n) is 16.8. The number of nitrogens with one attached hydrogen (secondary N) is 2. The van der Waals surface area contributed by atoms with E-state index in [0.717, 1.165) is 18.4 Å². The number of nitrogens with zero attached hydrogens (tertiary/aromatic N) is 1. The van der Waals surface area contributed by atoms with E-state index in [-0.39, 0.29) is 24.3 Å². The SMILES string of the molecule is CCCC(NC(=O)NCc1ccc(F)cc1)C(=O)N(C)CCC(N)C(C)C. The van der Waals surface area contributed by atoms with Crippen molar-refractivity contribution in [3.63, 3.8) is 0 Å². The van der Waals surface area contributed by atoms with Gasteiger partial charge in [-0.3, -0.25) is 4.79 Å². The summed E-state index contributed by atoms with van der Waals surface area (Å²) in [7, 11) is 1.73. The minimum atomic E-state index is -0.580. The lowest BCUT2D eigenvalue weighted by Crippen LogP contribution is -2.50. The molecule has 1 aromatic rings. The van der Waals surface area contributed by atoms with Crippen molar-refractivity contribution in [1.82, 2.24) is 15.5 Å². The van der Waals surface area contributed by atoms with Crippen LogP contribution in [0, 0.1) is 11.7 Å². The maximum atomic E-state index is 12.9. The minimum Gasteiger partial charge on any atom is -0.344 e. The molecule has 2 atom stereocenters. The molecule has 2 unspecified atom stereocenters. The second kappa shape index (κ2) is 11.5. The third-order valence-corrected chi connectivity index (χ3v) is 4.58. The van der Waals surface area contributed by atoms with Crippen molar-refractivity contribution in [2.24, 2.45) is 11.7 Å². The van der Waals surface area contributed by atoms with E-state index in [0.29, 0.717) is 18.9 Å². The summed E-state index contributed by atoms with van der Waals surface area (Å²) < 4.78 is 12.9. The Hall–Kier alpha value is -2.15. The number of carbonyl (C=O) groups is 2. The molecule has 4 N–H and O–H groups in total. The van der Waals surface area contributed by atoms with Crippen LogP contribution in [0.4, 0.5) is 9.18 Å². The van der Waals surface area contributed by atoms with Crippen molar-refractivity contribution >= 4 is 11.9 Å². The number of rotatable bonds is 10. The van der Waals surface area contributed by atoms with Crippen LogP contribution in [0.1, 0.15) is 45.6 Å². The third-order valence-electron chi connectivity index (χ3n) is 4.58. The number of likely N-dealkylation sites (N-methyl/N-ethyl adjacent to an activating group) is 1. The first kappa shape index (κ1) is 22.9. The first-order valence-electron chi connectivity index (χ1n) is 9.54. The average Bonchev–Trinajstić information content (AvgIpc) is 2.64. The van der Waals surface area contributed by atoms with Gasteiger partial charge in [-0.05, 0) is 36.5 Å². The van der Waals surface area contributed by atoms with E-state index in [2.05, 4.69) is 24.5 Å². The highest BCUT2D eigenvalue weighted by atomic mass is 19.1. The van der Waals surface area contributed by atoms with Gasteiger partial charge in [-0.2, -0.15) is 0 Å². The van der Waals surface area contributed by atoms with Crippen LogP contribution in [-0.4, -0.2) is 42.5 Å². The van der Waals surface area contributed by atoms with Gasteiger partial charge in [0.15, 0.2) is 0 Å². The van der Waals surface area contributed by atoms with Crippen molar-refractivity contribution in [1.29, 1.82) is 0 Å². The van der Waals surface area contributed by atoms with E-state index in [4.69, 9.17) is 5.73 Å². The molecule has 0 fully saturated rings. The standard InChI is InChI=1S/C20H33FN4O2/c1-5-6-18(19(26)25(4)12-11-17(22)14(2)3)24-20(27)23-13-15-7-9-16(21)10-8-15/h7-10,14,17-18H,5-6,11-13,22H2,1-4H3,(H2,23,24,27). The van der Waals surface area contributed by atoms with Gasteiger partial charge in [0.1, 0.15) is 11.9 Å². The molecule has 6 nitrogen and oxygen atoms in total. The fraction of sp³-hybridized carbons (Fsp3) is 0.600. The summed E-state index contributed by atoms with van der Waals surface area (Å²) >= 11 is 0. The molecule has 0 aromatic heterocycles. The van der Waals surface area contributed by atoms with Crippen LogP contribution in [-0.2, 0) is 11.3 Å². The first-order valence-corrected chi connectivity index (χ1v) is 9.54. The predicted octanol–water partition coefficient (Wildman–Crippen LogP) is 2.63. The summed E-state index contributed by atoms with van der Waals surface area (Å²) in [6, 6.07) is 4.94. The van der Waals surface area contributed by atoms with Crippen LogP contribution in [0.15, 0.2) is 24.3 Å². The molecule has 0 aliphatic carbocycles. The highest BCUT2D eigenvalue weighted by Gasteiger charge is 2.23. The summed E-state index contributed by atoms with van der Waals surface area (Å²) in [4.78, 5) is 26.5. The number of urea groups is 1. The minimum absolute atomic E-state index is 0.0387. The highest BCUT2D eigenvalue weighted by Crippen LogP contribution is 2.07. The molecule has 0 aliphatic heterocycles. The zero-order valence-corrected chi connectivity index (χ0v) is 16.8. The number of amides is 3. The van der Waals surface area contributed by atoms with Crippen LogP contribution < -0.4 is 16.4 Å². The Kier molecular flexibility index (Phi) is 9.78. The number of benzene rings is 1. The monoisotopic (exact) mass is 380 g/mol. The maximum Gasteiger partial charge on any atom is 0.315 e. The molecular weight excluding hydrogens is 347 g/mol. The fourth-order valence-corrected chi connectivity index (χ4v) is 2.59. The Morgan fingerprint density at radius 1 is 1.19 bits per heavy atom. The van der Waals surface area contributed by atoms with Gasteiger partial charge in [-0.15, -0.1) is 0 Å². The van der Waals surface area contributed by atoms with Gasteiger partial charge in [-0.25, -0.2) is 9.18 Å². The Labute approximate surface area is 161 Å². The molecule has 0 saturated heterocycles. The second-order valence-corrected chi connectivity index (χ2v) is 7.25. The largest absolute Gasteiger partial charge is 0.344 e. The molecule has 0 saturated carbocycles. The fourth-order valence-electron chi connectivity index (χ4n) is 2.59. The highest BCUT2D eigenvalue weighted by molar-refractivity contribution is 5.86. The number of carbonyl (C=O) groups excluding carboxylic acids is 2. The van der Waals surface area contributed by atoms with Crippen molar-refractivity contribution in [2.75, 3.05) is 13.6 Å². The number of halogens is 1. The van der Waals surface area contributed by atoms with E-state index in [9.17, 15) is 14.0 Å². The molecule has 0 aliphatic rings. The van der Waals surface area contributed by atoms with Crippen LogP contribution in [0.25, 0.3) is 0 Å². The molecule has 3 amide bonds. The molecule has 152 valence electrons. The molecule has 1 aromatic carbocycles. The quantitative estimate of drug-likeness (QED) is 0.583. The third kappa shape index (κ3) is 8.39. The lowest BCUT2D eigenvalue weighted by atomic mass is 10.0. The Morgan fingerprint density at radius 2 is 1.81 bits per heavy atom. The molecule has 0 bridgehead atoms. The van der Waals surface area contributed by atoms with Crippen molar-refractivity contribution in [3.05, 3.63) is 35.6 Å². The van der Waals surface area contributed by atoms with Crippen LogP contribution in [0.2, 0.25) is 0 Å². The van der Waals surface area contributed by atoms with E-state index in [1.165, 1.54) is 12.1 Å². The van der Waals surface area contributed by atoms with Crippen molar-refractivity contribution < 1.29 is 14.0 Å². The second-order valence-electron chi connectivity index (χ2n) is 7.25. The smallest absolute Gasteiger partial charge is 0.315 e. The molecule has 0 radical (unpaired) electrons. The van der Waals surface area contributed by atoms with Crippen molar-refractivity contribution in [2.45, 2.75) is 58.7 Å². The molecule has 0 heterocycles. The van der Waals surface area contributed by atoms with Crippen LogP contribution in [0.3, 0.4) is 0 Å². The van der Waals surface area contributed by atoms with Crippen LogP contribution in [0.5, 0.6) is 0 Å². The summed E-state index contributed by atoms with van der Waals surface area (Å²) in [5.41, 5.74) is 6.83. The van der Waals surface area contributed by atoms with Gasteiger partial charge >= 0.3 is 6.03 Å². The summed E-state index contributed by atoms with van der Waals surface area (Å²) in [5, 5.41) is 5.45. The van der Waals surface area contributed by atoms with Gasteiger partial charge in [0.05, 0.1) is 0 Å². The lowest BCUT2D eigenvalue weighted by molar-refractivity contribution is -0.132. The summed E-state index contributed by atoms with van der Waals surface area (Å²) in [6.07, 6.45) is 2.05. The van der Waals surface area contributed by atoms with Gasteiger partial charge in [-0.1, -0.05) is 39.3 Å². The molecule has 7 heteroatoms. The Balaban J connectivity index is 2.53. The van der Waals surface area contributed by atoms with Gasteiger partial charge in [0.25, 0.3) is 0 Å². The van der Waals surface area contributed by atoms with Crippen molar-refractivity contribution in [3.8, 4) is 0 Å². The Bertz CT molecular complexity index is 592. The first-order chi connectivity index (χ1) is 12.7. The average molecular weight is 381 g/mol. The van der Waals surface area contributed by atoms with Gasteiger partial charge < -0.3 is 21.3 Å². The topological polar surface area (TPSA) is 87.5 Å². The van der Waals surface area contributed by atoms with Gasteiger partial charge in [0.2, 0.25) is 5.91 Å². The van der Waals surface area contributed by atoms with E-state index in [1.54, 1.807) is 24.1 Å². The zero-order chi connectivity index (χ0) is 20.4. The molecule has 27 heavy (non-hydrogen) atoms. The normalized spacial score (nSPS) is 13.1. The Morgan fingerprint density at radius 3 is 2.37 bits per heavy atom. The number of nitrogens with two attached hydrogens (primary N) is 1. The van der Waals surface area contributed by atoms with Gasteiger partial charge in [0, 0.05) is 26.2 Å². The maximum absolute atomic E-state index is 12.9. The van der Waals surface area contributed by atoms with E-state index < -0.39 is 12.1 Å². The van der Waals surface area contributed by atoms with E-state index in [1.807, 2.05) is 6.92 Å². The summed E-state index contributed by atoms with van der Waals surface area (Å²) in [6.45, 7) is 6.89. The van der Waals surface area contributed by atoms with Crippen LogP contribution >= 0.6 is 0 Å². The molecule has 0 spiro atoms. The number of hydrogen-bond acceptors (Lipinski definition) is 3. The molecular formula is C20H33FN4O2. The predicted molar refractivity (Wildman–Crippen MR) is 106 cm³/mol.